The molecule has 0 fully saturated rings. The monoisotopic (exact) mass is 134 g/mol. The molecule has 0 aliphatic carbocycles. The van der Waals surface area contributed by atoms with Crippen LogP contribution in [0.3, 0.4) is 0 Å². The van der Waals surface area contributed by atoms with E-state index in [1.807, 2.05) is 0 Å². The molecule has 6 N–H and O–H groups in total. The molecule has 7 heteroatoms. The van der Waals surface area contributed by atoms with Crippen molar-refractivity contribution < 1.29 is 14.7 Å². The highest BCUT2D eigenvalue weighted by molar-refractivity contribution is 6.31. The van der Waals surface area contributed by atoms with Crippen LogP contribution in [-0.4, -0.2) is 22.1 Å². The summed E-state index contributed by atoms with van der Waals surface area (Å²) >= 11 is 0. The smallest absolute Gasteiger partial charge is 0.397 e. The first kappa shape index (κ1) is 7.82. The highest BCUT2D eigenvalue weighted by atomic mass is 16.4. The summed E-state index contributed by atoms with van der Waals surface area (Å²) < 4.78 is 0. The average molecular weight is 134 g/mol. The van der Waals surface area contributed by atoms with Crippen LogP contribution in [0.2, 0.25) is 0 Å². The molecule has 0 aromatic rings. The molecule has 0 aliphatic heterocycles. The Morgan fingerprint density at radius 2 is 2.00 bits per heavy atom. The number of nitrogens with zero attached hydrogens (tertiary/aromatic N) is 1. The largest absolute Gasteiger partial charge is 0.474 e. The van der Waals surface area contributed by atoms with Crippen LogP contribution in [0, 0.1) is 0 Å². The highest BCUT2D eigenvalue weighted by Crippen LogP contribution is 1.70. The fourth-order valence-corrected chi connectivity index (χ4v) is 0.162. The first-order chi connectivity index (χ1) is 4.09. The molecule has 0 aromatic carbocycles. The second-order valence-corrected chi connectivity index (χ2v) is 1.11. The van der Waals surface area contributed by atoms with E-state index in [0.717, 1.165) is 0 Å². The number of hydrogen-bond donors (Lipinski definition) is 4. The molecule has 0 saturated carbocycles. The zero-order chi connectivity index (χ0) is 7.44. The Morgan fingerprint density at radius 3 is 2.11 bits per heavy atom. The number of aliphatic carboxylic acids is 1. The van der Waals surface area contributed by atoms with Gasteiger partial charge < -0.3 is 5.11 Å². The standard InChI is InChI=1S/C2H6N4O3/c3-5-6(4)1(7)2(8)9/h5H,3-4H2,(H,8,9). The van der Waals surface area contributed by atoms with Gasteiger partial charge in [-0.1, -0.05) is 0 Å². The molecule has 0 saturated heterocycles. The van der Waals surface area contributed by atoms with E-state index < -0.39 is 11.9 Å². The predicted octanol–water partition coefficient (Wildman–Crippen LogP) is -2.85. The average Bonchev–Trinajstić information content (AvgIpc) is 1.84. The Balaban J connectivity index is 3.88. The van der Waals surface area contributed by atoms with Gasteiger partial charge in [-0.15, -0.1) is 0 Å². The lowest BCUT2D eigenvalue weighted by molar-refractivity contribution is -0.158. The quantitative estimate of drug-likeness (QED) is 0.132. The van der Waals surface area contributed by atoms with E-state index in [1.165, 1.54) is 0 Å². The first-order valence-corrected chi connectivity index (χ1v) is 1.88. The number of carbonyl (C=O) groups excluding carboxylic acids is 1. The van der Waals surface area contributed by atoms with Crippen molar-refractivity contribution >= 4 is 11.9 Å². The van der Waals surface area contributed by atoms with Gasteiger partial charge in [0.15, 0.2) is 0 Å². The second-order valence-electron chi connectivity index (χ2n) is 1.11. The number of carbonyl (C=O) groups is 2. The zero-order valence-corrected chi connectivity index (χ0v) is 4.37. The van der Waals surface area contributed by atoms with Crippen molar-refractivity contribution in [1.82, 2.24) is 10.7 Å². The molecule has 0 aromatic heterocycles. The molecule has 7 nitrogen and oxygen atoms in total. The summed E-state index contributed by atoms with van der Waals surface area (Å²) in [7, 11) is 0. The van der Waals surface area contributed by atoms with Gasteiger partial charge >= 0.3 is 11.9 Å². The lowest BCUT2D eigenvalue weighted by atomic mass is 10.6. The van der Waals surface area contributed by atoms with E-state index in [0.29, 0.717) is 0 Å². The van der Waals surface area contributed by atoms with Gasteiger partial charge in [-0.05, 0) is 0 Å². The Morgan fingerprint density at radius 1 is 1.56 bits per heavy atom. The minimum atomic E-state index is -1.67. The Labute approximate surface area is 50.1 Å². The summed E-state index contributed by atoms with van der Waals surface area (Å²) in [5, 5.41) is 8.07. The number of rotatable bonds is 1. The summed E-state index contributed by atoms with van der Waals surface area (Å²) in [5.74, 6) is 6.27. The Kier molecular flexibility index (Phi) is 2.58. The van der Waals surface area contributed by atoms with E-state index in [1.54, 1.807) is 5.53 Å². The minimum Gasteiger partial charge on any atom is -0.474 e. The third-order valence-electron chi connectivity index (χ3n) is 0.541. The molecule has 0 unspecified atom stereocenters. The molecule has 1 amide bonds. The number of hydrazine groups is 3. The van der Waals surface area contributed by atoms with Crippen molar-refractivity contribution in [3.05, 3.63) is 0 Å². The summed E-state index contributed by atoms with van der Waals surface area (Å²) in [5.41, 5.74) is 1.63. The lowest BCUT2D eigenvalue weighted by Crippen LogP contribution is -2.54. The molecular formula is C2H6N4O3. The molecule has 9 heavy (non-hydrogen) atoms. The number of hydrogen-bond acceptors (Lipinski definition) is 5. The van der Waals surface area contributed by atoms with Gasteiger partial charge in [-0.25, -0.2) is 10.6 Å². The number of carboxylic acids is 1. The van der Waals surface area contributed by atoms with E-state index in [2.05, 4.69) is 11.7 Å². The van der Waals surface area contributed by atoms with Gasteiger partial charge in [0.05, 0.1) is 0 Å². The minimum absolute atomic E-state index is 0.155. The van der Waals surface area contributed by atoms with Crippen LogP contribution in [0.15, 0.2) is 0 Å². The van der Waals surface area contributed by atoms with E-state index in [-0.39, 0.29) is 5.12 Å². The maximum absolute atomic E-state index is 10.1. The SMILES string of the molecule is NNN(N)C(=O)C(=O)O. The van der Waals surface area contributed by atoms with Gasteiger partial charge in [0.25, 0.3) is 0 Å². The topological polar surface area (TPSA) is 122 Å². The maximum Gasteiger partial charge on any atom is 0.397 e. The van der Waals surface area contributed by atoms with Crippen molar-refractivity contribution in [1.29, 1.82) is 0 Å². The molecule has 0 aliphatic rings. The van der Waals surface area contributed by atoms with Crippen LogP contribution in [0.25, 0.3) is 0 Å². The predicted molar refractivity (Wildman–Crippen MR) is 26.0 cm³/mol. The third kappa shape index (κ3) is 2.04. The van der Waals surface area contributed by atoms with Crippen molar-refractivity contribution in [3.8, 4) is 0 Å². The fraction of sp³-hybridized carbons (Fsp3) is 0. The number of carboxylic acid groups (broad SMARTS) is 1. The normalized spacial score (nSPS) is 8.67. The van der Waals surface area contributed by atoms with Gasteiger partial charge in [0, 0.05) is 0 Å². The van der Waals surface area contributed by atoms with Crippen molar-refractivity contribution in [2.24, 2.45) is 11.7 Å². The molecular weight excluding hydrogens is 128 g/mol. The van der Waals surface area contributed by atoms with E-state index >= 15 is 0 Å². The number of nitrogens with two attached hydrogens (primary N) is 2. The van der Waals surface area contributed by atoms with Crippen LogP contribution in [0.4, 0.5) is 0 Å². The molecule has 0 bridgehead atoms. The van der Waals surface area contributed by atoms with Gasteiger partial charge in [0.2, 0.25) is 0 Å². The maximum atomic E-state index is 10.1. The van der Waals surface area contributed by atoms with Crippen molar-refractivity contribution in [2.45, 2.75) is 0 Å². The van der Waals surface area contributed by atoms with Crippen molar-refractivity contribution in [3.63, 3.8) is 0 Å². The highest BCUT2D eigenvalue weighted by Gasteiger charge is 2.15. The van der Waals surface area contributed by atoms with Crippen molar-refractivity contribution in [2.75, 3.05) is 0 Å². The van der Waals surface area contributed by atoms with Crippen LogP contribution >= 0.6 is 0 Å². The van der Waals surface area contributed by atoms with Gasteiger partial charge in [0.1, 0.15) is 0 Å². The Hall–Kier alpha value is -1.18. The molecule has 0 rings (SSSR count). The molecule has 0 atom stereocenters. The second kappa shape index (κ2) is 2.97. The number of nitrogens with one attached hydrogen (secondary N) is 1. The Bertz CT molecular complexity index is 134. The number of amides is 1. The molecule has 0 radical (unpaired) electrons. The van der Waals surface area contributed by atoms with Gasteiger partial charge in [-0.2, -0.15) is 10.7 Å². The summed E-state index contributed by atoms with van der Waals surface area (Å²) in [4.78, 5) is 19.9. The van der Waals surface area contributed by atoms with Crippen LogP contribution < -0.4 is 17.2 Å². The first-order valence-electron chi connectivity index (χ1n) is 1.88. The van der Waals surface area contributed by atoms with Gasteiger partial charge in [-0.3, -0.25) is 10.6 Å². The van der Waals surface area contributed by atoms with Crippen LogP contribution in [0.1, 0.15) is 0 Å². The third-order valence-corrected chi connectivity index (χ3v) is 0.541. The summed E-state index contributed by atoms with van der Waals surface area (Å²) in [6.45, 7) is 0. The summed E-state index contributed by atoms with van der Waals surface area (Å²) in [6, 6.07) is 0. The fourth-order valence-electron chi connectivity index (χ4n) is 0.162. The van der Waals surface area contributed by atoms with Crippen LogP contribution in [0.5, 0.6) is 0 Å². The van der Waals surface area contributed by atoms with Crippen LogP contribution in [-0.2, 0) is 9.59 Å². The molecule has 52 valence electrons. The molecule has 0 spiro atoms. The van der Waals surface area contributed by atoms with E-state index in [9.17, 15) is 9.59 Å². The summed E-state index contributed by atoms with van der Waals surface area (Å²) in [6.07, 6.45) is 0. The molecule has 0 heterocycles. The zero-order valence-electron chi connectivity index (χ0n) is 4.37. The van der Waals surface area contributed by atoms with E-state index in [4.69, 9.17) is 5.11 Å². The lowest BCUT2D eigenvalue weighted by Gasteiger charge is -2.09.